The Morgan fingerprint density at radius 2 is 2.06 bits per heavy atom. The average molecular weight is 244 g/mol. The standard InChI is InChI=1S/C13H28N2O2/c1-5-12(9-14)8-13(16)15(6-7-17-4)10-11(2)3/h11-12H,5-10,14H2,1-4H3. The van der Waals surface area contributed by atoms with Crippen LogP contribution in [0.1, 0.15) is 33.6 Å². The van der Waals surface area contributed by atoms with E-state index in [4.69, 9.17) is 10.5 Å². The van der Waals surface area contributed by atoms with Crippen LogP contribution < -0.4 is 5.73 Å². The molecule has 0 radical (unpaired) electrons. The average Bonchev–Trinajstić information content (AvgIpc) is 2.30. The van der Waals surface area contributed by atoms with E-state index in [1.807, 2.05) is 4.90 Å². The minimum Gasteiger partial charge on any atom is -0.383 e. The highest BCUT2D eigenvalue weighted by atomic mass is 16.5. The zero-order valence-electron chi connectivity index (χ0n) is 11.7. The third-order valence-electron chi connectivity index (χ3n) is 2.88. The number of hydrogen-bond donors (Lipinski definition) is 1. The molecular weight excluding hydrogens is 216 g/mol. The summed E-state index contributed by atoms with van der Waals surface area (Å²) in [5.74, 6) is 0.988. The zero-order valence-corrected chi connectivity index (χ0v) is 11.7. The predicted octanol–water partition coefficient (Wildman–Crippen LogP) is 1.49. The summed E-state index contributed by atoms with van der Waals surface area (Å²) in [6.07, 6.45) is 1.52. The Morgan fingerprint density at radius 3 is 2.47 bits per heavy atom. The number of nitrogens with zero attached hydrogens (tertiary/aromatic N) is 1. The monoisotopic (exact) mass is 244 g/mol. The van der Waals surface area contributed by atoms with Gasteiger partial charge in [0.15, 0.2) is 0 Å². The van der Waals surface area contributed by atoms with Crippen molar-refractivity contribution in [3.8, 4) is 0 Å². The van der Waals surface area contributed by atoms with Gasteiger partial charge in [0.2, 0.25) is 5.91 Å². The van der Waals surface area contributed by atoms with Crippen LogP contribution in [0.15, 0.2) is 0 Å². The predicted molar refractivity (Wildman–Crippen MR) is 70.7 cm³/mol. The molecule has 102 valence electrons. The first-order valence-electron chi connectivity index (χ1n) is 6.51. The molecule has 0 bridgehead atoms. The molecule has 0 aromatic carbocycles. The summed E-state index contributed by atoms with van der Waals surface area (Å²) >= 11 is 0. The van der Waals surface area contributed by atoms with Gasteiger partial charge in [-0.2, -0.15) is 0 Å². The van der Waals surface area contributed by atoms with E-state index in [2.05, 4.69) is 20.8 Å². The molecule has 2 N–H and O–H groups in total. The molecular formula is C13H28N2O2. The maximum atomic E-state index is 12.1. The van der Waals surface area contributed by atoms with E-state index in [0.717, 1.165) is 13.0 Å². The van der Waals surface area contributed by atoms with Gasteiger partial charge >= 0.3 is 0 Å². The summed E-state index contributed by atoms with van der Waals surface area (Å²) in [5.41, 5.74) is 5.64. The molecule has 0 spiro atoms. The number of nitrogens with two attached hydrogens (primary N) is 1. The third-order valence-corrected chi connectivity index (χ3v) is 2.88. The van der Waals surface area contributed by atoms with Crippen LogP contribution in [0.4, 0.5) is 0 Å². The summed E-state index contributed by atoms with van der Waals surface area (Å²) in [6.45, 7) is 8.96. The van der Waals surface area contributed by atoms with Gasteiger partial charge < -0.3 is 15.4 Å². The topological polar surface area (TPSA) is 55.6 Å². The number of carbonyl (C=O) groups is 1. The number of carbonyl (C=O) groups excluding carboxylic acids is 1. The first kappa shape index (κ1) is 16.4. The number of rotatable bonds is 9. The van der Waals surface area contributed by atoms with E-state index in [-0.39, 0.29) is 5.91 Å². The van der Waals surface area contributed by atoms with Gasteiger partial charge in [-0.05, 0) is 18.4 Å². The highest BCUT2D eigenvalue weighted by Gasteiger charge is 2.18. The van der Waals surface area contributed by atoms with Crippen molar-refractivity contribution >= 4 is 5.91 Å². The quantitative estimate of drug-likeness (QED) is 0.668. The van der Waals surface area contributed by atoms with Gasteiger partial charge in [-0.3, -0.25) is 4.79 Å². The van der Waals surface area contributed by atoms with E-state index >= 15 is 0 Å². The highest BCUT2D eigenvalue weighted by molar-refractivity contribution is 5.76. The van der Waals surface area contributed by atoms with Crippen molar-refractivity contribution in [1.82, 2.24) is 4.90 Å². The van der Waals surface area contributed by atoms with Gasteiger partial charge in [-0.15, -0.1) is 0 Å². The second kappa shape index (κ2) is 9.42. The fourth-order valence-electron chi connectivity index (χ4n) is 1.73. The minimum atomic E-state index is 0.202. The van der Waals surface area contributed by atoms with E-state index in [1.165, 1.54) is 0 Å². The maximum absolute atomic E-state index is 12.1. The fraction of sp³-hybridized carbons (Fsp3) is 0.923. The van der Waals surface area contributed by atoms with Gasteiger partial charge in [-0.1, -0.05) is 27.2 Å². The second-order valence-corrected chi connectivity index (χ2v) is 4.94. The molecule has 0 aromatic rings. The molecule has 0 saturated heterocycles. The van der Waals surface area contributed by atoms with E-state index in [1.54, 1.807) is 7.11 Å². The van der Waals surface area contributed by atoms with Gasteiger partial charge in [0.05, 0.1) is 6.61 Å². The Bertz CT molecular complexity index is 204. The van der Waals surface area contributed by atoms with Crippen LogP contribution in [0.5, 0.6) is 0 Å². The molecule has 1 unspecified atom stereocenters. The Kier molecular flexibility index (Phi) is 9.09. The minimum absolute atomic E-state index is 0.202. The van der Waals surface area contributed by atoms with Gasteiger partial charge in [-0.25, -0.2) is 0 Å². The highest BCUT2D eigenvalue weighted by Crippen LogP contribution is 2.10. The SMILES string of the molecule is CCC(CN)CC(=O)N(CCOC)CC(C)C. The maximum Gasteiger partial charge on any atom is 0.222 e. The molecule has 0 fully saturated rings. The molecule has 1 atom stereocenters. The summed E-state index contributed by atoms with van der Waals surface area (Å²) in [4.78, 5) is 14.0. The molecule has 0 aromatic heterocycles. The van der Waals surface area contributed by atoms with Crippen LogP contribution >= 0.6 is 0 Å². The largest absolute Gasteiger partial charge is 0.383 e. The molecule has 0 aliphatic heterocycles. The lowest BCUT2D eigenvalue weighted by atomic mass is 10.0. The lowest BCUT2D eigenvalue weighted by molar-refractivity contribution is -0.133. The third kappa shape index (κ3) is 7.34. The Hall–Kier alpha value is -0.610. The molecule has 1 amide bonds. The van der Waals surface area contributed by atoms with Gasteiger partial charge in [0.25, 0.3) is 0 Å². The lowest BCUT2D eigenvalue weighted by Crippen LogP contribution is -2.38. The molecule has 4 heteroatoms. The summed E-state index contributed by atoms with van der Waals surface area (Å²) < 4.78 is 5.04. The normalized spacial score (nSPS) is 12.8. The van der Waals surface area contributed by atoms with Crippen LogP contribution in [0.2, 0.25) is 0 Å². The van der Waals surface area contributed by atoms with E-state index in [0.29, 0.717) is 38.0 Å². The number of hydrogen-bond acceptors (Lipinski definition) is 3. The number of methoxy groups -OCH3 is 1. The Labute approximate surface area is 105 Å². The molecule has 0 aliphatic carbocycles. The molecule has 0 rings (SSSR count). The molecule has 17 heavy (non-hydrogen) atoms. The molecule has 0 aliphatic rings. The molecule has 0 saturated carbocycles. The summed E-state index contributed by atoms with van der Waals surface area (Å²) in [7, 11) is 1.66. The van der Waals surface area contributed by atoms with Crippen LogP contribution in [-0.2, 0) is 9.53 Å². The van der Waals surface area contributed by atoms with Crippen molar-refractivity contribution < 1.29 is 9.53 Å². The van der Waals surface area contributed by atoms with Gasteiger partial charge in [0.1, 0.15) is 0 Å². The summed E-state index contributed by atoms with van der Waals surface area (Å²) in [6, 6.07) is 0. The van der Waals surface area contributed by atoms with Gasteiger partial charge in [0, 0.05) is 26.6 Å². The van der Waals surface area contributed by atoms with Crippen LogP contribution in [0.3, 0.4) is 0 Å². The second-order valence-electron chi connectivity index (χ2n) is 4.94. The van der Waals surface area contributed by atoms with Crippen molar-refractivity contribution in [2.75, 3.05) is 33.4 Å². The van der Waals surface area contributed by atoms with Crippen molar-refractivity contribution in [1.29, 1.82) is 0 Å². The Balaban J connectivity index is 4.29. The smallest absolute Gasteiger partial charge is 0.222 e. The van der Waals surface area contributed by atoms with Crippen molar-refractivity contribution in [2.24, 2.45) is 17.6 Å². The molecule has 4 nitrogen and oxygen atoms in total. The number of ether oxygens (including phenoxy) is 1. The van der Waals surface area contributed by atoms with Crippen molar-refractivity contribution in [3.63, 3.8) is 0 Å². The van der Waals surface area contributed by atoms with Crippen LogP contribution in [0, 0.1) is 11.8 Å². The first-order valence-corrected chi connectivity index (χ1v) is 6.51. The Morgan fingerprint density at radius 1 is 1.41 bits per heavy atom. The fourth-order valence-corrected chi connectivity index (χ4v) is 1.73. The first-order chi connectivity index (χ1) is 8.04. The van der Waals surface area contributed by atoms with E-state index in [9.17, 15) is 4.79 Å². The molecule has 0 heterocycles. The van der Waals surface area contributed by atoms with Crippen LogP contribution in [-0.4, -0.2) is 44.2 Å². The number of amides is 1. The van der Waals surface area contributed by atoms with Crippen molar-refractivity contribution in [2.45, 2.75) is 33.6 Å². The summed E-state index contributed by atoms with van der Waals surface area (Å²) in [5, 5.41) is 0. The lowest BCUT2D eigenvalue weighted by Gasteiger charge is -2.26. The van der Waals surface area contributed by atoms with E-state index < -0.39 is 0 Å². The van der Waals surface area contributed by atoms with Crippen LogP contribution in [0.25, 0.3) is 0 Å². The zero-order chi connectivity index (χ0) is 13.3. The van der Waals surface area contributed by atoms with Crippen molar-refractivity contribution in [3.05, 3.63) is 0 Å².